The average molecular weight is 464 g/mol. The number of carbonyl (C=O) groups excluding carboxylic acids is 2. The molecule has 0 aliphatic carbocycles. The van der Waals surface area contributed by atoms with Crippen molar-refractivity contribution >= 4 is 23.2 Å². The van der Waals surface area contributed by atoms with E-state index in [0.29, 0.717) is 44.7 Å². The summed E-state index contributed by atoms with van der Waals surface area (Å²) in [4.78, 5) is 36.6. The first-order valence-electron chi connectivity index (χ1n) is 10.4. The Balaban J connectivity index is 1.39. The number of carbonyl (C=O) groups is 2. The van der Waals surface area contributed by atoms with Gasteiger partial charge in [0.15, 0.2) is 0 Å². The van der Waals surface area contributed by atoms with Gasteiger partial charge in [0, 0.05) is 55.5 Å². The minimum Gasteiger partial charge on any atom is -0.383 e. The first-order chi connectivity index (χ1) is 15.6. The van der Waals surface area contributed by atoms with E-state index in [4.69, 9.17) is 0 Å². The molecule has 176 valence electrons. The number of non-ortho nitro benzene ring substituents is 1. The molecule has 8 nitrogen and oxygen atoms in total. The Bertz CT molecular complexity index is 986. The quantitative estimate of drug-likeness (QED) is 0.370. The van der Waals surface area contributed by atoms with Crippen molar-refractivity contribution in [1.29, 1.82) is 0 Å². The fourth-order valence-electron chi connectivity index (χ4n) is 3.57. The number of hydrogen-bond acceptors (Lipinski definition) is 5. The molecule has 1 aliphatic rings. The van der Waals surface area contributed by atoms with Crippen LogP contribution in [-0.4, -0.2) is 47.8 Å². The van der Waals surface area contributed by atoms with E-state index in [-0.39, 0.29) is 29.0 Å². The molecule has 2 aromatic rings. The summed E-state index contributed by atoms with van der Waals surface area (Å²) in [5, 5.41) is 16.5. The second-order valence-electron chi connectivity index (χ2n) is 7.66. The van der Waals surface area contributed by atoms with E-state index in [1.54, 1.807) is 17.0 Å². The molecule has 11 heteroatoms. The van der Waals surface area contributed by atoms with Gasteiger partial charge in [0.1, 0.15) is 0 Å². The molecule has 1 saturated heterocycles. The molecule has 0 bridgehead atoms. The summed E-state index contributed by atoms with van der Waals surface area (Å²) < 4.78 is 38.0. The molecular formula is C22H23F3N4O4. The Hall–Kier alpha value is -3.63. The zero-order valence-electron chi connectivity index (χ0n) is 17.6. The van der Waals surface area contributed by atoms with E-state index < -0.39 is 16.7 Å². The first kappa shape index (κ1) is 24.0. The predicted octanol–water partition coefficient (Wildman–Crippen LogP) is 3.69. The van der Waals surface area contributed by atoms with Crippen LogP contribution in [0.3, 0.4) is 0 Å². The monoisotopic (exact) mass is 464 g/mol. The molecule has 3 rings (SSSR count). The SMILES string of the molecule is O=C(NCCNc1ccc([N+](=O)[O-])cc1)C1CCN(C(=O)c2ccc(C(F)(F)F)cc2)CC1. The molecule has 2 N–H and O–H groups in total. The van der Waals surface area contributed by atoms with Crippen LogP contribution in [0.4, 0.5) is 24.5 Å². The highest BCUT2D eigenvalue weighted by atomic mass is 19.4. The highest BCUT2D eigenvalue weighted by Crippen LogP contribution is 2.29. The van der Waals surface area contributed by atoms with Crippen LogP contribution in [0.25, 0.3) is 0 Å². The van der Waals surface area contributed by atoms with Crippen LogP contribution >= 0.6 is 0 Å². The van der Waals surface area contributed by atoms with Crippen molar-refractivity contribution in [2.45, 2.75) is 19.0 Å². The van der Waals surface area contributed by atoms with Crippen LogP contribution in [0.1, 0.15) is 28.8 Å². The number of nitrogens with one attached hydrogen (secondary N) is 2. The number of anilines is 1. The van der Waals surface area contributed by atoms with E-state index in [1.807, 2.05) is 0 Å². The maximum Gasteiger partial charge on any atom is 0.416 e. The summed E-state index contributed by atoms with van der Waals surface area (Å²) in [6.45, 7) is 1.49. The summed E-state index contributed by atoms with van der Waals surface area (Å²) in [6.07, 6.45) is -3.52. The number of nitrogens with zero attached hydrogens (tertiary/aromatic N) is 2. The van der Waals surface area contributed by atoms with Gasteiger partial charge in [-0.2, -0.15) is 13.2 Å². The van der Waals surface area contributed by atoms with Crippen LogP contribution in [0, 0.1) is 16.0 Å². The lowest BCUT2D eigenvalue weighted by molar-refractivity contribution is -0.384. The lowest BCUT2D eigenvalue weighted by Gasteiger charge is -2.31. The lowest BCUT2D eigenvalue weighted by atomic mass is 9.95. The standard InChI is InChI=1S/C22H23F3N4O4/c23-22(24,25)17-3-1-16(2-4-17)21(31)28-13-9-15(10-14-28)20(30)27-12-11-26-18-5-7-19(8-6-18)29(32)33/h1-8,15,26H,9-14H2,(H,27,30). The molecule has 2 aromatic carbocycles. The number of hydrogen-bond donors (Lipinski definition) is 2. The number of alkyl halides is 3. The predicted molar refractivity (Wildman–Crippen MR) is 115 cm³/mol. The summed E-state index contributed by atoms with van der Waals surface area (Å²) in [7, 11) is 0. The van der Waals surface area contributed by atoms with Gasteiger partial charge in [-0.3, -0.25) is 19.7 Å². The first-order valence-corrected chi connectivity index (χ1v) is 10.4. The minimum atomic E-state index is -4.45. The fourth-order valence-corrected chi connectivity index (χ4v) is 3.57. The van der Waals surface area contributed by atoms with Crippen LogP contribution < -0.4 is 10.6 Å². The van der Waals surface area contributed by atoms with Gasteiger partial charge in [0.2, 0.25) is 5.91 Å². The number of benzene rings is 2. The number of piperidine rings is 1. The van der Waals surface area contributed by atoms with Gasteiger partial charge in [-0.25, -0.2) is 0 Å². The van der Waals surface area contributed by atoms with Crippen molar-refractivity contribution in [2.75, 3.05) is 31.5 Å². The topological polar surface area (TPSA) is 105 Å². The van der Waals surface area contributed by atoms with Crippen molar-refractivity contribution < 1.29 is 27.7 Å². The number of amides is 2. The van der Waals surface area contributed by atoms with Crippen molar-refractivity contribution in [1.82, 2.24) is 10.2 Å². The summed E-state index contributed by atoms with van der Waals surface area (Å²) in [5.41, 5.74) is 0.0719. The van der Waals surface area contributed by atoms with Crippen molar-refractivity contribution in [3.05, 3.63) is 69.8 Å². The van der Waals surface area contributed by atoms with E-state index in [9.17, 15) is 32.9 Å². The smallest absolute Gasteiger partial charge is 0.383 e. The van der Waals surface area contributed by atoms with Gasteiger partial charge >= 0.3 is 6.18 Å². The van der Waals surface area contributed by atoms with E-state index in [2.05, 4.69) is 10.6 Å². The fraction of sp³-hybridized carbons (Fsp3) is 0.364. The summed E-state index contributed by atoms with van der Waals surface area (Å²) in [5.74, 6) is -0.724. The molecule has 0 atom stereocenters. The molecule has 2 amide bonds. The van der Waals surface area contributed by atoms with Gasteiger partial charge in [-0.05, 0) is 49.2 Å². The maximum absolute atomic E-state index is 12.7. The second-order valence-corrected chi connectivity index (χ2v) is 7.66. The molecule has 0 aromatic heterocycles. The number of rotatable bonds is 7. The minimum absolute atomic E-state index is 0.00278. The van der Waals surface area contributed by atoms with E-state index in [0.717, 1.165) is 12.1 Å². The number of halogens is 3. The third-order valence-electron chi connectivity index (χ3n) is 5.44. The normalized spacial score (nSPS) is 14.6. The van der Waals surface area contributed by atoms with E-state index in [1.165, 1.54) is 24.3 Å². The Kier molecular flexibility index (Phi) is 7.52. The highest BCUT2D eigenvalue weighted by molar-refractivity contribution is 5.94. The molecule has 0 spiro atoms. The number of nitro benzene ring substituents is 1. The number of likely N-dealkylation sites (tertiary alicyclic amines) is 1. The van der Waals surface area contributed by atoms with Crippen molar-refractivity contribution in [3.8, 4) is 0 Å². The van der Waals surface area contributed by atoms with Gasteiger partial charge in [0.05, 0.1) is 10.5 Å². The summed E-state index contributed by atoms with van der Waals surface area (Å²) >= 11 is 0. The number of nitro groups is 1. The average Bonchev–Trinajstić information content (AvgIpc) is 2.81. The maximum atomic E-state index is 12.7. The third kappa shape index (κ3) is 6.43. The Morgan fingerprint density at radius 2 is 1.61 bits per heavy atom. The molecule has 0 radical (unpaired) electrons. The third-order valence-corrected chi connectivity index (χ3v) is 5.44. The van der Waals surface area contributed by atoms with Crippen molar-refractivity contribution in [3.63, 3.8) is 0 Å². The van der Waals surface area contributed by atoms with Gasteiger partial charge in [0.25, 0.3) is 11.6 Å². The molecule has 1 heterocycles. The molecular weight excluding hydrogens is 441 g/mol. The molecule has 33 heavy (non-hydrogen) atoms. The van der Waals surface area contributed by atoms with Crippen LogP contribution in [0.5, 0.6) is 0 Å². The van der Waals surface area contributed by atoms with Gasteiger partial charge < -0.3 is 15.5 Å². The van der Waals surface area contributed by atoms with Crippen LogP contribution in [0.15, 0.2) is 48.5 Å². The van der Waals surface area contributed by atoms with Gasteiger partial charge in [-0.15, -0.1) is 0 Å². The Morgan fingerprint density at radius 3 is 2.15 bits per heavy atom. The zero-order chi connectivity index (χ0) is 24.0. The Labute approximate surface area is 187 Å². The molecule has 1 aliphatic heterocycles. The molecule has 0 saturated carbocycles. The highest BCUT2D eigenvalue weighted by Gasteiger charge is 2.31. The second kappa shape index (κ2) is 10.3. The van der Waals surface area contributed by atoms with Gasteiger partial charge in [-0.1, -0.05) is 0 Å². The zero-order valence-corrected chi connectivity index (χ0v) is 17.6. The van der Waals surface area contributed by atoms with Crippen LogP contribution in [-0.2, 0) is 11.0 Å². The lowest BCUT2D eigenvalue weighted by Crippen LogP contribution is -2.43. The van der Waals surface area contributed by atoms with Crippen molar-refractivity contribution in [2.24, 2.45) is 5.92 Å². The molecule has 1 fully saturated rings. The largest absolute Gasteiger partial charge is 0.416 e. The summed E-state index contributed by atoms with van der Waals surface area (Å²) in [6, 6.07) is 10.1. The Morgan fingerprint density at radius 1 is 1.00 bits per heavy atom. The molecule has 0 unspecified atom stereocenters. The van der Waals surface area contributed by atoms with E-state index >= 15 is 0 Å². The van der Waals surface area contributed by atoms with Crippen LogP contribution in [0.2, 0.25) is 0 Å².